The number of rotatable bonds is 16. The molecular formula is C34H54N2O5. The van der Waals surface area contributed by atoms with Crippen LogP contribution in [0.5, 0.6) is 5.75 Å². The van der Waals surface area contributed by atoms with Gasteiger partial charge in [0, 0.05) is 38.2 Å². The molecule has 1 fully saturated rings. The SMILES string of the molecule is CN1CCC(c2ccccc2)(c2cc(CCOCCC=O)ccc2O)CC1.COC(CN(C)CCCC(C)C)OC. The molecule has 7 nitrogen and oxygen atoms in total. The number of nitrogens with zero attached hydrogens (tertiary/aromatic N) is 2. The van der Waals surface area contributed by atoms with Crippen LogP contribution in [0.25, 0.3) is 0 Å². The molecule has 1 aliphatic heterocycles. The van der Waals surface area contributed by atoms with Crippen molar-refractivity contribution in [2.75, 3.05) is 67.7 Å². The predicted molar refractivity (Wildman–Crippen MR) is 167 cm³/mol. The van der Waals surface area contributed by atoms with E-state index < -0.39 is 0 Å². The second kappa shape index (κ2) is 19.0. The van der Waals surface area contributed by atoms with Crippen LogP contribution in [0.1, 0.15) is 62.6 Å². The van der Waals surface area contributed by atoms with Gasteiger partial charge in [0.2, 0.25) is 0 Å². The Labute approximate surface area is 248 Å². The van der Waals surface area contributed by atoms with Gasteiger partial charge in [0.15, 0.2) is 6.29 Å². The van der Waals surface area contributed by atoms with Gasteiger partial charge in [0.1, 0.15) is 12.0 Å². The number of likely N-dealkylation sites (tertiary alicyclic amines) is 1. The maximum absolute atomic E-state index is 10.7. The summed E-state index contributed by atoms with van der Waals surface area (Å²) in [6, 6.07) is 16.5. The summed E-state index contributed by atoms with van der Waals surface area (Å²) < 4.78 is 15.8. The largest absolute Gasteiger partial charge is 0.508 e. The average Bonchev–Trinajstić information content (AvgIpc) is 2.98. The van der Waals surface area contributed by atoms with Gasteiger partial charge in [-0.05, 0) is 88.9 Å². The molecular weight excluding hydrogens is 516 g/mol. The fraction of sp³-hybridized carbons (Fsp3) is 0.618. The summed E-state index contributed by atoms with van der Waals surface area (Å²) in [5.41, 5.74) is 3.29. The molecule has 2 aromatic carbocycles. The summed E-state index contributed by atoms with van der Waals surface area (Å²) in [6.45, 7) is 9.53. The highest BCUT2D eigenvalue weighted by atomic mass is 16.7. The number of aldehydes is 1. The van der Waals surface area contributed by atoms with Crippen LogP contribution in [0.2, 0.25) is 0 Å². The lowest BCUT2D eigenvalue weighted by molar-refractivity contribution is -0.113. The van der Waals surface area contributed by atoms with Crippen molar-refractivity contribution in [2.45, 2.75) is 64.1 Å². The Morgan fingerprint density at radius 2 is 1.73 bits per heavy atom. The number of hydrogen-bond donors (Lipinski definition) is 1. The van der Waals surface area contributed by atoms with E-state index in [2.05, 4.69) is 68.1 Å². The standard InChI is InChI=1S/C23H29NO3.C11H25NO2/c1-24-13-11-23(12-14-24,20-6-3-2-4-7-20)21-18-19(8-9-22(21)26)10-17-27-16-5-15-25;1-10(2)7-6-8-12(3)9-11(13-4)14-5/h2-4,6-9,15,18,26H,5,10-14,16-17H2,1H3;10-11H,6-9H2,1-5H3. The Balaban J connectivity index is 0.000000357. The number of aromatic hydroxyl groups is 1. The zero-order valence-electron chi connectivity index (χ0n) is 26.3. The average molecular weight is 571 g/mol. The van der Waals surface area contributed by atoms with Crippen LogP contribution in [0.4, 0.5) is 0 Å². The monoisotopic (exact) mass is 570 g/mol. The highest BCUT2D eigenvalue weighted by Gasteiger charge is 2.39. The summed E-state index contributed by atoms with van der Waals surface area (Å²) in [5, 5.41) is 10.7. The van der Waals surface area contributed by atoms with E-state index in [-0.39, 0.29) is 11.7 Å². The topological polar surface area (TPSA) is 71.5 Å². The fourth-order valence-corrected chi connectivity index (χ4v) is 5.38. The second-order valence-electron chi connectivity index (χ2n) is 11.6. The minimum atomic E-state index is -0.160. The Morgan fingerprint density at radius 3 is 2.34 bits per heavy atom. The van der Waals surface area contributed by atoms with E-state index in [1.807, 2.05) is 18.2 Å². The summed E-state index contributed by atoms with van der Waals surface area (Å²) in [7, 11) is 7.61. The van der Waals surface area contributed by atoms with Crippen LogP contribution in [0.3, 0.4) is 0 Å². The van der Waals surface area contributed by atoms with Crippen molar-refractivity contribution in [3.63, 3.8) is 0 Å². The minimum absolute atomic E-state index is 0.0981. The maximum atomic E-state index is 10.7. The van der Waals surface area contributed by atoms with Crippen LogP contribution in [0.15, 0.2) is 48.5 Å². The molecule has 41 heavy (non-hydrogen) atoms. The van der Waals surface area contributed by atoms with Gasteiger partial charge >= 0.3 is 0 Å². The molecule has 1 heterocycles. The van der Waals surface area contributed by atoms with E-state index in [0.29, 0.717) is 25.4 Å². The van der Waals surface area contributed by atoms with E-state index in [1.165, 1.54) is 18.4 Å². The number of phenolic OH excluding ortho intramolecular Hbond substituents is 1. The van der Waals surface area contributed by atoms with Crippen molar-refractivity contribution < 1.29 is 24.1 Å². The third-order valence-corrected chi connectivity index (χ3v) is 7.97. The van der Waals surface area contributed by atoms with Crippen molar-refractivity contribution in [1.29, 1.82) is 0 Å². The number of phenols is 1. The van der Waals surface area contributed by atoms with Crippen LogP contribution >= 0.6 is 0 Å². The molecule has 0 aliphatic carbocycles. The van der Waals surface area contributed by atoms with E-state index in [4.69, 9.17) is 14.2 Å². The third kappa shape index (κ3) is 11.8. The lowest BCUT2D eigenvalue weighted by atomic mass is 9.67. The summed E-state index contributed by atoms with van der Waals surface area (Å²) >= 11 is 0. The maximum Gasteiger partial charge on any atom is 0.169 e. The first kappa shape index (κ1) is 34.9. The van der Waals surface area contributed by atoms with Crippen LogP contribution < -0.4 is 0 Å². The quantitative estimate of drug-likeness (QED) is 0.162. The summed E-state index contributed by atoms with van der Waals surface area (Å²) in [6.07, 6.45) is 6.49. The van der Waals surface area contributed by atoms with Gasteiger partial charge in [-0.2, -0.15) is 0 Å². The van der Waals surface area contributed by atoms with E-state index >= 15 is 0 Å². The lowest BCUT2D eigenvalue weighted by Crippen LogP contribution is -2.41. The molecule has 0 saturated carbocycles. The molecule has 0 aromatic heterocycles. The lowest BCUT2D eigenvalue weighted by Gasteiger charge is -2.42. The Bertz CT molecular complexity index is 972. The molecule has 1 saturated heterocycles. The van der Waals surface area contributed by atoms with E-state index in [1.54, 1.807) is 14.2 Å². The molecule has 0 radical (unpaired) electrons. The zero-order valence-corrected chi connectivity index (χ0v) is 26.3. The smallest absolute Gasteiger partial charge is 0.169 e. The van der Waals surface area contributed by atoms with Gasteiger partial charge in [-0.15, -0.1) is 0 Å². The molecule has 0 atom stereocenters. The Hall–Kier alpha value is -2.29. The number of hydrogen-bond acceptors (Lipinski definition) is 7. The number of carbonyl (C=O) groups is 1. The van der Waals surface area contributed by atoms with E-state index in [0.717, 1.165) is 68.8 Å². The van der Waals surface area contributed by atoms with Crippen LogP contribution in [-0.4, -0.2) is 95.2 Å². The number of carbonyl (C=O) groups excluding carboxylic acids is 1. The molecule has 0 spiro atoms. The highest BCUT2D eigenvalue weighted by molar-refractivity contribution is 5.49. The van der Waals surface area contributed by atoms with Gasteiger partial charge < -0.3 is 33.9 Å². The van der Waals surface area contributed by atoms with Crippen LogP contribution in [0, 0.1) is 5.92 Å². The molecule has 1 N–H and O–H groups in total. The van der Waals surface area contributed by atoms with Gasteiger partial charge in [-0.3, -0.25) is 0 Å². The van der Waals surface area contributed by atoms with Crippen molar-refractivity contribution in [1.82, 2.24) is 9.80 Å². The Kier molecular flexibility index (Phi) is 16.2. The fourth-order valence-electron chi connectivity index (χ4n) is 5.38. The zero-order chi connectivity index (χ0) is 30.1. The number of benzene rings is 2. The summed E-state index contributed by atoms with van der Waals surface area (Å²) in [4.78, 5) is 15.0. The molecule has 0 unspecified atom stereocenters. The molecule has 0 amide bonds. The van der Waals surface area contributed by atoms with Gasteiger partial charge in [-0.1, -0.05) is 56.3 Å². The van der Waals surface area contributed by atoms with Crippen molar-refractivity contribution in [2.24, 2.45) is 5.92 Å². The normalized spacial score (nSPS) is 15.2. The van der Waals surface area contributed by atoms with E-state index in [9.17, 15) is 9.90 Å². The first-order valence-corrected chi connectivity index (χ1v) is 15.1. The highest BCUT2D eigenvalue weighted by Crippen LogP contribution is 2.45. The predicted octanol–water partition coefficient (Wildman–Crippen LogP) is 5.53. The first-order chi connectivity index (χ1) is 19.7. The number of likely N-dealkylation sites (N-methyl/N-ethyl adjacent to an activating group) is 1. The minimum Gasteiger partial charge on any atom is -0.508 e. The summed E-state index contributed by atoms with van der Waals surface area (Å²) in [5.74, 6) is 1.16. The van der Waals surface area contributed by atoms with Gasteiger partial charge in [0.05, 0.1) is 13.2 Å². The second-order valence-corrected chi connectivity index (χ2v) is 11.6. The molecule has 3 rings (SSSR count). The Morgan fingerprint density at radius 1 is 1.05 bits per heavy atom. The van der Waals surface area contributed by atoms with Crippen molar-refractivity contribution >= 4 is 6.29 Å². The van der Waals surface area contributed by atoms with Crippen molar-refractivity contribution in [3.8, 4) is 5.75 Å². The molecule has 2 aromatic rings. The number of methoxy groups -OCH3 is 2. The molecule has 1 aliphatic rings. The van der Waals surface area contributed by atoms with Crippen LogP contribution in [-0.2, 0) is 30.8 Å². The molecule has 230 valence electrons. The number of piperidine rings is 1. The van der Waals surface area contributed by atoms with Crippen molar-refractivity contribution in [3.05, 3.63) is 65.2 Å². The molecule has 0 bridgehead atoms. The van der Waals surface area contributed by atoms with Gasteiger partial charge in [0.25, 0.3) is 0 Å². The first-order valence-electron chi connectivity index (χ1n) is 15.1. The number of ether oxygens (including phenoxy) is 3. The third-order valence-electron chi connectivity index (χ3n) is 7.97. The van der Waals surface area contributed by atoms with Gasteiger partial charge in [-0.25, -0.2) is 0 Å². The molecule has 7 heteroatoms.